The number of carbonyl (C=O) groups is 1. The number of halogens is 2. The van der Waals surface area contributed by atoms with Crippen LogP contribution in [-0.4, -0.2) is 11.1 Å². The highest BCUT2D eigenvalue weighted by atomic mass is 35.5. The lowest BCUT2D eigenvalue weighted by Crippen LogP contribution is -2.01. The summed E-state index contributed by atoms with van der Waals surface area (Å²) < 4.78 is 13.0. The first kappa shape index (κ1) is 13.4. The van der Waals surface area contributed by atoms with Crippen LogP contribution >= 0.6 is 11.6 Å². The fourth-order valence-electron chi connectivity index (χ4n) is 1.58. The number of benzene rings is 2. The molecule has 5 heteroatoms. The van der Waals surface area contributed by atoms with Crippen molar-refractivity contribution >= 4 is 23.3 Å². The molecule has 0 aromatic heterocycles. The summed E-state index contributed by atoms with van der Waals surface area (Å²) in [7, 11) is 0. The van der Waals surface area contributed by atoms with Crippen LogP contribution in [-0.2, 0) is 6.54 Å². The highest BCUT2D eigenvalue weighted by Gasteiger charge is 2.03. The van der Waals surface area contributed by atoms with Gasteiger partial charge < -0.3 is 10.4 Å². The Bertz CT molecular complexity index is 599. The van der Waals surface area contributed by atoms with Gasteiger partial charge in [-0.05, 0) is 35.9 Å². The summed E-state index contributed by atoms with van der Waals surface area (Å²) in [5.74, 6) is -1.41. The highest BCUT2D eigenvalue weighted by Crippen LogP contribution is 2.19. The minimum Gasteiger partial charge on any atom is -0.478 e. The third-order valence-electron chi connectivity index (χ3n) is 2.62. The predicted octanol–water partition coefficient (Wildman–Crippen LogP) is 3.79. The lowest BCUT2D eigenvalue weighted by atomic mass is 10.1. The Kier molecular flexibility index (Phi) is 4.02. The predicted molar refractivity (Wildman–Crippen MR) is 72.1 cm³/mol. The Balaban J connectivity index is 2.01. The maximum Gasteiger partial charge on any atom is 0.335 e. The molecule has 0 aliphatic rings. The van der Waals surface area contributed by atoms with E-state index in [1.165, 1.54) is 24.3 Å². The van der Waals surface area contributed by atoms with Crippen molar-refractivity contribution in [2.75, 3.05) is 5.32 Å². The number of carboxylic acids is 1. The van der Waals surface area contributed by atoms with Crippen molar-refractivity contribution in [1.82, 2.24) is 0 Å². The molecular formula is C14H11ClFNO2. The third kappa shape index (κ3) is 3.45. The van der Waals surface area contributed by atoms with E-state index in [-0.39, 0.29) is 10.6 Å². The van der Waals surface area contributed by atoms with Gasteiger partial charge in [0.05, 0.1) is 10.6 Å². The van der Waals surface area contributed by atoms with Gasteiger partial charge in [-0.2, -0.15) is 0 Å². The lowest BCUT2D eigenvalue weighted by Gasteiger charge is -2.07. The van der Waals surface area contributed by atoms with Crippen LogP contribution in [0, 0.1) is 5.82 Å². The van der Waals surface area contributed by atoms with Crippen molar-refractivity contribution in [3.63, 3.8) is 0 Å². The van der Waals surface area contributed by atoms with E-state index in [0.717, 1.165) is 5.56 Å². The first-order valence-corrected chi connectivity index (χ1v) is 5.95. The monoisotopic (exact) mass is 279 g/mol. The van der Waals surface area contributed by atoms with Gasteiger partial charge in [-0.3, -0.25) is 0 Å². The standard InChI is InChI=1S/C14H11ClFNO2/c15-12-7-11(5-6-13(12)16)17-8-9-1-3-10(4-2-9)14(18)19/h1-7,17H,8H2,(H,18,19). The molecule has 2 aromatic rings. The minimum absolute atomic E-state index is 0.0613. The first-order chi connectivity index (χ1) is 9.06. The van der Waals surface area contributed by atoms with E-state index < -0.39 is 11.8 Å². The quantitative estimate of drug-likeness (QED) is 0.895. The Morgan fingerprint density at radius 2 is 1.89 bits per heavy atom. The van der Waals surface area contributed by atoms with Crippen LogP contribution in [0.1, 0.15) is 15.9 Å². The van der Waals surface area contributed by atoms with Gasteiger partial charge in [0.15, 0.2) is 0 Å². The number of aromatic carboxylic acids is 1. The zero-order valence-corrected chi connectivity index (χ0v) is 10.6. The SMILES string of the molecule is O=C(O)c1ccc(CNc2ccc(F)c(Cl)c2)cc1. The number of carboxylic acid groups (broad SMARTS) is 1. The second-order valence-corrected chi connectivity index (χ2v) is 4.39. The van der Waals surface area contributed by atoms with Crippen LogP contribution in [0.2, 0.25) is 5.02 Å². The maximum absolute atomic E-state index is 13.0. The van der Waals surface area contributed by atoms with Crippen molar-refractivity contribution in [2.24, 2.45) is 0 Å². The van der Waals surface area contributed by atoms with E-state index in [4.69, 9.17) is 16.7 Å². The lowest BCUT2D eigenvalue weighted by molar-refractivity contribution is 0.0697. The Labute approximate surface area is 114 Å². The molecule has 2 rings (SSSR count). The van der Waals surface area contributed by atoms with Crippen LogP contribution in [0.5, 0.6) is 0 Å². The number of rotatable bonds is 4. The Morgan fingerprint density at radius 3 is 2.47 bits per heavy atom. The molecule has 0 aliphatic heterocycles. The molecule has 2 aromatic carbocycles. The second-order valence-electron chi connectivity index (χ2n) is 3.98. The van der Waals surface area contributed by atoms with Crippen molar-refractivity contribution in [2.45, 2.75) is 6.54 Å². The van der Waals surface area contributed by atoms with E-state index in [2.05, 4.69) is 5.32 Å². The van der Waals surface area contributed by atoms with E-state index in [9.17, 15) is 9.18 Å². The average molecular weight is 280 g/mol. The van der Waals surface area contributed by atoms with Crippen molar-refractivity contribution in [1.29, 1.82) is 0 Å². The van der Waals surface area contributed by atoms with E-state index in [1.54, 1.807) is 18.2 Å². The molecule has 0 saturated heterocycles. The molecule has 0 unspecified atom stereocenters. The van der Waals surface area contributed by atoms with Crippen LogP contribution in [0.4, 0.5) is 10.1 Å². The first-order valence-electron chi connectivity index (χ1n) is 5.57. The van der Waals surface area contributed by atoms with Gasteiger partial charge in [-0.1, -0.05) is 23.7 Å². The molecule has 0 saturated carbocycles. The summed E-state index contributed by atoms with van der Waals surface area (Å²) in [4.78, 5) is 10.7. The average Bonchev–Trinajstić information content (AvgIpc) is 2.40. The van der Waals surface area contributed by atoms with Crippen molar-refractivity contribution in [3.05, 3.63) is 64.4 Å². The molecule has 0 fully saturated rings. The number of hydrogen-bond donors (Lipinski definition) is 2. The van der Waals surface area contributed by atoms with Gasteiger partial charge in [0.2, 0.25) is 0 Å². The van der Waals surface area contributed by atoms with Crippen molar-refractivity contribution in [3.8, 4) is 0 Å². The Hall–Kier alpha value is -2.07. The minimum atomic E-state index is -0.954. The highest BCUT2D eigenvalue weighted by molar-refractivity contribution is 6.31. The molecular weight excluding hydrogens is 269 g/mol. The number of anilines is 1. The topological polar surface area (TPSA) is 49.3 Å². The summed E-state index contributed by atoms with van der Waals surface area (Å²) in [6.07, 6.45) is 0. The van der Waals surface area contributed by atoms with Crippen LogP contribution in [0.15, 0.2) is 42.5 Å². The van der Waals surface area contributed by atoms with Crippen LogP contribution in [0.3, 0.4) is 0 Å². The van der Waals surface area contributed by atoms with Gasteiger partial charge in [0.1, 0.15) is 5.82 Å². The van der Waals surface area contributed by atoms with Gasteiger partial charge in [0, 0.05) is 12.2 Å². The molecule has 3 nitrogen and oxygen atoms in total. The molecule has 0 spiro atoms. The van der Waals surface area contributed by atoms with Crippen LogP contribution < -0.4 is 5.32 Å². The molecule has 0 atom stereocenters. The third-order valence-corrected chi connectivity index (χ3v) is 2.91. The molecule has 2 N–H and O–H groups in total. The molecule has 0 bridgehead atoms. The zero-order valence-electron chi connectivity index (χ0n) is 9.86. The molecule has 0 aliphatic carbocycles. The van der Waals surface area contributed by atoms with Gasteiger partial charge in [-0.15, -0.1) is 0 Å². The normalized spacial score (nSPS) is 10.2. The number of hydrogen-bond acceptors (Lipinski definition) is 2. The second kappa shape index (κ2) is 5.71. The van der Waals surface area contributed by atoms with E-state index in [0.29, 0.717) is 12.2 Å². The van der Waals surface area contributed by atoms with E-state index >= 15 is 0 Å². The largest absolute Gasteiger partial charge is 0.478 e. The molecule has 0 amide bonds. The van der Waals surface area contributed by atoms with Gasteiger partial charge in [0.25, 0.3) is 0 Å². The van der Waals surface area contributed by atoms with Crippen molar-refractivity contribution < 1.29 is 14.3 Å². The van der Waals surface area contributed by atoms with Gasteiger partial charge >= 0.3 is 5.97 Å². The summed E-state index contributed by atoms with van der Waals surface area (Å²) in [5.41, 5.74) is 1.87. The smallest absolute Gasteiger partial charge is 0.335 e. The molecule has 98 valence electrons. The zero-order chi connectivity index (χ0) is 13.8. The fraction of sp³-hybridized carbons (Fsp3) is 0.0714. The summed E-state index contributed by atoms with van der Waals surface area (Å²) >= 11 is 5.67. The van der Waals surface area contributed by atoms with Crippen LogP contribution in [0.25, 0.3) is 0 Å². The Morgan fingerprint density at radius 1 is 1.21 bits per heavy atom. The molecule has 0 heterocycles. The summed E-state index contributed by atoms with van der Waals surface area (Å²) in [6, 6.07) is 10.9. The summed E-state index contributed by atoms with van der Waals surface area (Å²) in [6.45, 7) is 0.502. The van der Waals surface area contributed by atoms with E-state index in [1.807, 2.05) is 0 Å². The fourth-order valence-corrected chi connectivity index (χ4v) is 1.76. The molecule has 0 radical (unpaired) electrons. The summed E-state index contributed by atoms with van der Waals surface area (Å²) in [5, 5.41) is 11.9. The maximum atomic E-state index is 13.0. The number of nitrogens with one attached hydrogen (secondary N) is 1. The van der Waals surface area contributed by atoms with Gasteiger partial charge in [-0.25, -0.2) is 9.18 Å². The molecule has 19 heavy (non-hydrogen) atoms.